The molecule has 110 valence electrons. The number of nitrogens with one attached hydrogen (secondary N) is 1. The fourth-order valence-corrected chi connectivity index (χ4v) is 2.94. The van der Waals surface area contributed by atoms with E-state index in [2.05, 4.69) is 24.4 Å². The van der Waals surface area contributed by atoms with Crippen molar-refractivity contribution in [1.29, 1.82) is 0 Å². The van der Waals surface area contributed by atoms with E-state index in [-0.39, 0.29) is 24.0 Å². The summed E-state index contributed by atoms with van der Waals surface area (Å²) >= 11 is 0. The van der Waals surface area contributed by atoms with Crippen molar-refractivity contribution in [1.82, 2.24) is 5.32 Å². The highest BCUT2D eigenvalue weighted by Gasteiger charge is 2.35. The molecule has 2 rings (SSSR count). The molecular weight excluding hydrogens is 250 g/mol. The Bertz CT molecular complexity index is 447. The lowest BCUT2D eigenvalue weighted by molar-refractivity contribution is -0.124. The molecular formula is C17H25NO2. The molecule has 0 radical (unpaired) electrons. The Morgan fingerprint density at radius 3 is 2.40 bits per heavy atom. The van der Waals surface area contributed by atoms with Gasteiger partial charge in [0.25, 0.3) is 0 Å². The van der Waals surface area contributed by atoms with Crippen molar-refractivity contribution in [3.63, 3.8) is 0 Å². The van der Waals surface area contributed by atoms with E-state index < -0.39 is 0 Å². The molecule has 1 saturated carbocycles. The summed E-state index contributed by atoms with van der Waals surface area (Å²) in [5.74, 6) is -0.157. The van der Waals surface area contributed by atoms with Gasteiger partial charge in [0.1, 0.15) is 0 Å². The first-order valence-corrected chi connectivity index (χ1v) is 7.62. The van der Waals surface area contributed by atoms with E-state index in [0.717, 1.165) is 37.7 Å². The van der Waals surface area contributed by atoms with E-state index in [1.54, 1.807) is 0 Å². The summed E-state index contributed by atoms with van der Waals surface area (Å²) in [4.78, 5) is 12.4. The molecule has 1 aliphatic rings. The van der Waals surface area contributed by atoms with E-state index >= 15 is 0 Å². The summed E-state index contributed by atoms with van der Waals surface area (Å²) in [5, 5.41) is 12.7. The van der Waals surface area contributed by atoms with Gasteiger partial charge in [-0.05, 0) is 37.3 Å². The average molecular weight is 275 g/mol. The predicted octanol–water partition coefficient (Wildman–Crippen LogP) is 2.77. The van der Waals surface area contributed by atoms with Gasteiger partial charge in [0.15, 0.2) is 0 Å². The lowest BCUT2D eigenvalue weighted by Crippen LogP contribution is -2.50. The Balaban J connectivity index is 2.03. The Labute approximate surface area is 121 Å². The van der Waals surface area contributed by atoms with Gasteiger partial charge in [-0.25, -0.2) is 0 Å². The number of carbonyl (C=O) groups is 1. The van der Waals surface area contributed by atoms with Crippen LogP contribution in [0.15, 0.2) is 24.3 Å². The first-order valence-electron chi connectivity index (χ1n) is 7.62. The summed E-state index contributed by atoms with van der Waals surface area (Å²) in [7, 11) is 0. The second-order valence-electron chi connectivity index (χ2n) is 5.95. The summed E-state index contributed by atoms with van der Waals surface area (Å²) in [5.41, 5.74) is 1.93. The zero-order valence-electron chi connectivity index (χ0n) is 12.5. The molecule has 1 aromatic rings. The highest BCUT2D eigenvalue weighted by Crippen LogP contribution is 2.30. The lowest BCUT2D eigenvalue weighted by Gasteiger charge is -2.29. The second-order valence-corrected chi connectivity index (χ2v) is 5.95. The van der Waals surface area contributed by atoms with Crippen molar-refractivity contribution in [3.8, 4) is 0 Å². The highest BCUT2D eigenvalue weighted by atomic mass is 16.3. The summed E-state index contributed by atoms with van der Waals surface area (Å²) in [6, 6.07) is 8.22. The molecule has 3 nitrogen and oxygen atoms in total. The maximum absolute atomic E-state index is 12.4. The molecule has 20 heavy (non-hydrogen) atoms. The minimum Gasteiger partial charge on any atom is -0.394 e. The topological polar surface area (TPSA) is 49.3 Å². The highest BCUT2D eigenvalue weighted by molar-refractivity contribution is 5.84. The van der Waals surface area contributed by atoms with Crippen LogP contribution in [-0.2, 0) is 11.2 Å². The molecule has 0 bridgehead atoms. The van der Waals surface area contributed by atoms with Crippen molar-refractivity contribution in [2.24, 2.45) is 0 Å². The van der Waals surface area contributed by atoms with Crippen molar-refractivity contribution in [2.45, 2.75) is 57.4 Å². The third kappa shape index (κ3) is 3.21. The van der Waals surface area contributed by atoms with Gasteiger partial charge in [-0.2, -0.15) is 0 Å². The summed E-state index contributed by atoms with van der Waals surface area (Å²) in [6.07, 6.45) is 4.95. The Morgan fingerprint density at radius 2 is 1.90 bits per heavy atom. The third-order valence-electron chi connectivity index (χ3n) is 4.53. The molecule has 0 aliphatic heterocycles. The molecule has 1 aliphatic carbocycles. The number of aliphatic hydroxyl groups is 1. The second kappa shape index (κ2) is 6.40. The smallest absolute Gasteiger partial charge is 0.227 e. The molecule has 1 unspecified atom stereocenters. The minimum atomic E-state index is -0.380. The molecule has 3 heteroatoms. The standard InChI is InChI=1S/C17H25NO2/c1-3-14-6-8-15(9-7-14)13(2)16(20)18-17(12-19)10-4-5-11-17/h6-9,13,19H,3-5,10-12H2,1-2H3,(H,18,20). The van der Waals surface area contributed by atoms with Crippen LogP contribution in [0.1, 0.15) is 56.6 Å². The molecule has 0 heterocycles. The number of hydrogen-bond acceptors (Lipinski definition) is 2. The zero-order valence-corrected chi connectivity index (χ0v) is 12.5. The molecule has 2 N–H and O–H groups in total. The first-order chi connectivity index (χ1) is 9.60. The Morgan fingerprint density at radius 1 is 1.30 bits per heavy atom. The van der Waals surface area contributed by atoms with Gasteiger partial charge >= 0.3 is 0 Å². The van der Waals surface area contributed by atoms with Crippen LogP contribution < -0.4 is 5.32 Å². The van der Waals surface area contributed by atoms with Gasteiger partial charge < -0.3 is 10.4 Å². The van der Waals surface area contributed by atoms with Crippen molar-refractivity contribution in [2.75, 3.05) is 6.61 Å². The van der Waals surface area contributed by atoms with Crippen molar-refractivity contribution >= 4 is 5.91 Å². The molecule has 1 fully saturated rings. The largest absolute Gasteiger partial charge is 0.394 e. The van der Waals surface area contributed by atoms with E-state index in [1.807, 2.05) is 19.1 Å². The van der Waals surface area contributed by atoms with Crippen LogP contribution in [0, 0.1) is 0 Å². The number of carbonyl (C=O) groups excluding carboxylic acids is 1. The fraction of sp³-hybridized carbons (Fsp3) is 0.588. The van der Waals surface area contributed by atoms with Crippen molar-refractivity contribution < 1.29 is 9.90 Å². The number of rotatable bonds is 5. The number of hydrogen-bond donors (Lipinski definition) is 2. The van der Waals surface area contributed by atoms with E-state index in [0.29, 0.717) is 0 Å². The van der Waals surface area contributed by atoms with E-state index in [4.69, 9.17) is 0 Å². The van der Waals surface area contributed by atoms with Crippen molar-refractivity contribution in [3.05, 3.63) is 35.4 Å². The van der Waals surface area contributed by atoms with E-state index in [1.165, 1.54) is 5.56 Å². The number of benzene rings is 1. The van der Waals surface area contributed by atoms with Gasteiger partial charge in [0.05, 0.1) is 18.1 Å². The maximum Gasteiger partial charge on any atom is 0.227 e. The van der Waals surface area contributed by atoms with Crippen LogP contribution in [0.2, 0.25) is 0 Å². The van der Waals surface area contributed by atoms with Gasteiger partial charge in [0.2, 0.25) is 5.91 Å². The average Bonchev–Trinajstić information content (AvgIpc) is 2.95. The van der Waals surface area contributed by atoms with Crippen LogP contribution in [0.5, 0.6) is 0 Å². The van der Waals surface area contributed by atoms with Gasteiger partial charge in [-0.1, -0.05) is 44.0 Å². The van der Waals surface area contributed by atoms with Gasteiger partial charge in [-0.3, -0.25) is 4.79 Å². The maximum atomic E-state index is 12.4. The zero-order chi connectivity index (χ0) is 14.6. The number of amides is 1. The first kappa shape index (κ1) is 15.0. The monoisotopic (exact) mass is 275 g/mol. The van der Waals surface area contributed by atoms with Crippen LogP contribution in [0.4, 0.5) is 0 Å². The third-order valence-corrected chi connectivity index (χ3v) is 4.53. The SMILES string of the molecule is CCc1ccc(C(C)C(=O)NC2(CO)CCCC2)cc1. The molecule has 1 aromatic carbocycles. The Hall–Kier alpha value is -1.35. The van der Waals surface area contributed by atoms with E-state index in [9.17, 15) is 9.90 Å². The number of aryl methyl sites for hydroxylation is 1. The normalized spacial score (nSPS) is 18.8. The van der Waals surface area contributed by atoms with Gasteiger partial charge in [0, 0.05) is 0 Å². The summed E-state index contributed by atoms with van der Waals surface area (Å²) < 4.78 is 0. The minimum absolute atomic E-state index is 0.0187. The summed E-state index contributed by atoms with van der Waals surface area (Å²) in [6.45, 7) is 4.09. The molecule has 0 spiro atoms. The fourth-order valence-electron chi connectivity index (χ4n) is 2.94. The molecule has 0 aromatic heterocycles. The van der Waals surface area contributed by atoms with Crippen LogP contribution in [0.25, 0.3) is 0 Å². The molecule has 1 amide bonds. The van der Waals surface area contributed by atoms with Crippen LogP contribution in [-0.4, -0.2) is 23.2 Å². The lowest BCUT2D eigenvalue weighted by atomic mass is 9.94. The quantitative estimate of drug-likeness (QED) is 0.868. The molecule has 0 saturated heterocycles. The number of aliphatic hydroxyl groups excluding tert-OH is 1. The van der Waals surface area contributed by atoms with Crippen LogP contribution in [0.3, 0.4) is 0 Å². The molecule has 1 atom stereocenters. The predicted molar refractivity (Wildman–Crippen MR) is 80.7 cm³/mol. The Kier molecular flexibility index (Phi) is 4.81. The van der Waals surface area contributed by atoms with Crippen LogP contribution >= 0.6 is 0 Å². The van der Waals surface area contributed by atoms with Gasteiger partial charge in [-0.15, -0.1) is 0 Å².